The maximum absolute atomic E-state index is 12.9. The number of esters is 1. The Balaban J connectivity index is 1.45. The number of carbonyl (C=O) groups excluding carboxylic acids is 1. The predicted octanol–water partition coefficient (Wildman–Crippen LogP) is 4.04. The Bertz CT molecular complexity index is 1050. The van der Waals surface area contributed by atoms with Crippen molar-refractivity contribution in [3.05, 3.63) is 53.1 Å². The van der Waals surface area contributed by atoms with Crippen LogP contribution in [0.1, 0.15) is 40.7 Å². The molecule has 7 nitrogen and oxygen atoms in total. The van der Waals surface area contributed by atoms with Crippen LogP contribution in [-0.4, -0.2) is 50.6 Å². The molecule has 2 atom stereocenters. The van der Waals surface area contributed by atoms with Crippen LogP contribution in [0.25, 0.3) is 6.08 Å². The van der Waals surface area contributed by atoms with Crippen LogP contribution in [0.2, 0.25) is 0 Å². The second-order valence-corrected chi connectivity index (χ2v) is 8.40. The molecule has 32 heavy (non-hydrogen) atoms. The molecule has 1 unspecified atom stereocenters. The van der Waals surface area contributed by atoms with Gasteiger partial charge >= 0.3 is 5.97 Å². The molecule has 7 heteroatoms. The lowest BCUT2D eigenvalue weighted by molar-refractivity contribution is 0.0280. The number of benzene rings is 2. The van der Waals surface area contributed by atoms with Gasteiger partial charge in [0.25, 0.3) is 0 Å². The molecular formula is C25H27NO6. The Labute approximate surface area is 187 Å². The Hall–Kier alpha value is -3.19. The summed E-state index contributed by atoms with van der Waals surface area (Å²) in [4.78, 5) is 15.2. The fraction of sp³-hybridized carbons (Fsp3) is 0.400. The zero-order valence-electron chi connectivity index (χ0n) is 18.3. The van der Waals surface area contributed by atoms with Gasteiger partial charge in [0.05, 0.1) is 12.7 Å². The van der Waals surface area contributed by atoms with E-state index in [1.165, 1.54) is 0 Å². The number of hydrogen-bond donors (Lipinski definition) is 0. The molecule has 0 amide bonds. The van der Waals surface area contributed by atoms with Crippen molar-refractivity contribution in [3.8, 4) is 23.0 Å². The Morgan fingerprint density at radius 2 is 2.03 bits per heavy atom. The van der Waals surface area contributed by atoms with Crippen molar-refractivity contribution in [2.24, 2.45) is 0 Å². The minimum Gasteiger partial charge on any atom is -0.493 e. The highest BCUT2D eigenvalue weighted by Crippen LogP contribution is 2.39. The number of fused-ring (bicyclic) bond motifs is 2. The Morgan fingerprint density at radius 1 is 1.16 bits per heavy atom. The normalized spacial score (nSPS) is 22.9. The third-order valence-electron chi connectivity index (χ3n) is 6.10. The third kappa shape index (κ3) is 4.12. The number of carbonyl (C=O) groups is 1. The Morgan fingerprint density at radius 3 is 2.91 bits per heavy atom. The fourth-order valence-corrected chi connectivity index (χ4v) is 4.43. The second kappa shape index (κ2) is 8.74. The predicted molar refractivity (Wildman–Crippen MR) is 118 cm³/mol. The maximum atomic E-state index is 12.9. The monoisotopic (exact) mass is 437 g/mol. The van der Waals surface area contributed by atoms with Gasteiger partial charge in [-0.05, 0) is 62.3 Å². The molecule has 2 aromatic carbocycles. The summed E-state index contributed by atoms with van der Waals surface area (Å²) in [6, 6.07) is 9.14. The lowest BCUT2D eigenvalue weighted by Crippen LogP contribution is -2.30. The van der Waals surface area contributed by atoms with Gasteiger partial charge in [-0.1, -0.05) is 12.1 Å². The van der Waals surface area contributed by atoms with Crippen LogP contribution in [0.4, 0.5) is 0 Å². The van der Waals surface area contributed by atoms with Crippen molar-refractivity contribution in [1.29, 1.82) is 0 Å². The number of hydrogen-bond acceptors (Lipinski definition) is 7. The van der Waals surface area contributed by atoms with E-state index in [1.54, 1.807) is 25.3 Å². The molecule has 3 aliphatic heterocycles. The van der Waals surface area contributed by atoms with Crippen LogP contribution in [0.15, 0.2) is 36.4 Å². The molecule has 5 rings (SSSR count). The molecule has 4 bridgehead atoms. The molecule has 0 fully saturated rings. The summed E-state index contributed by atoms with van der Waals surface area (Å²) in [5, 5.41) is 0. The highest BCUT2D eigenvalue weighted by Gasteiger charge is 2.27. The van der Waals surface area contributed by atoms with Gasteiger partial charge in [-0.2, -0.15) is 0 Å². The molecule has 0 saturated carbocycles. The third-order valence-corrected chi connectivity index (χ3v) is 6.10. The first kappa shape index (κ1) is 20.7. The van der Waals surface area contributed by atoms with E-state index in [0.717, 1.165) is 48.6 Å². The van der Waals surface area contributed by atoms with Crippen molar-refractivity contribution >= 4 is 12.0 Å². The molecular weight excluding hydrogens is 410 g/mol. The first-order valence-electron chi connectivity index (χ1n) is 10.9. The standard InChI is InChI=1S/C25H27NO6/c1-26-11-3-4-18-13-19(32-25(27)16-5-9-21-23(12-16)30-15-29-21)7-8-20-17(14-26)6-10-22(28-2)24(20)31-18/h5-10,12,18-19H,3-4,11,13-15H2,1-2H3/b8-7-/t18?,19-/m0/s1. The molecule has 168 valence electrons. The smallest absolute Gasteiger partial charge is 0.338 e. The number of methoxy groups -OCH3 is 1. The van der Waals surface area contributed by atoms with Gasteiger partial charge in [0.1, 0.15) is 12.2 Å². The minimum absolute atomic E-state index is 0.0936. The zero-order chi connectivity index (χ0) is 22.1. The lowest BCUT2D eigenvalue weighted by Gasteiger charge is -2.30. The molecule has 0 spiro atoms. The van der Waals surface area contributed by atoms with E-state index in [2.05, 4.69) is 18.0 Å². The van der Waals surface area contributed by atoms with Crippen molar-refractivity contribution in [1.82, 2.24) is 4.90 Å². The quantitative estimate of drug-likeness (QED) is 0.672. The van der Waals surface area contributed by atoms with Gasteiger partial charge in [-0.3, -0.25) is 0 Å². The van der Waals surface area contributed by atoms with Gasteiger partial charge in [-0.25, -0.2) is 4.79 Å². The van der Waals surface area contributed by atoms with E-state index < -0.39 is 12.1 Å². The minimum atomic E-state index is -0.401. The van der Waals surface area contributed by atoms with Gasteiger partial charge in [0.2, 0.25) is 6.79 Å². The molecule has 2 aromatic rings. The van der Waals surface area contributed by atoms with Crippen molar-refractivity contribution < 1.29 is 28.5 Å². The first-order valence-corrected chi connectivity index (χ1v) is 10.9. The summed E-state index contributed by atoms with van der Waals surface area (Å²) in [5.74, 6) is 2.29. The van der Waals surface area contributed by atoms with Crippen LogP contribution in [0.3, 0.4) is 0 Å². The van der Waals surface area contributed by atoms with Crippen LogP contribution in [0, 0.1) is 0 Å². The van der Waals surface area contributed by atoms with E-state index in [9.17, 15) is 4.79 Å². The topological polar surface area (TPSA) is 66.5 Å². The van der Waals surface area contributed by atoms with Crippen molar-refractivity contribution in [2.75, 3.05) is 27.5 Å². The molecule has 0 aromatic heterocycles. The summed E-state index contributed by atoms with van der Waals surface area (Å²) < 4.78 is 28.7. The molecule has 0 radical (unpaired) electrons. The van der Waals surface area contributed by atoms with E-state index in [1.807, 2.05) is 18.2 Å². The molecule has 3 aliphatic rings. The van der Waals surface area contributed by atoms with Crippen LogP contribution in [-0.2, 0) is 11.3 Å². The molecule has 0 aliphatic carbocycles. The molecule has 0 N–H and O–H groups in total. The number of ether oxygens (including phenoxy) is 5. The largest absolute Gasteiger partial charge is 0.493 e. The molecule has 3 heterocycles. The average Bonchev–Trinajstić information content (AvgIpc) is 3.24. The zero-order valence-corrected chi connectivity index (χ0v) is 18.3. The number of rotatable bonds is 3. The van der Waals surface area contributed by atoms with E-state index in [-0.39, 0.29) is 12.9 Å². The lowest BCUT2D eigenvalue weighted by atomic mass is 9.98. The summed E-state index contributed by atoms with van der Waals surface area (Å²) in [7, 11) is 3.79. The first-order chi connectivity index (χ1) is 15.6. The van der Waals surface area contributed by atoms with E-state index in [4.69, 9.17) is 23.7 Å². The average molecular weight is 437 g/mol. The van der Waals surface area contributed by atoms with E-state index in [0.29, 0.717) is 23.5 Å². The number of nitrogens with zero attached hydrogens (tertiary/aromatic N) is 1. The van der Waals surface area contributed by atoms with Crippen LogP contribution >= 0.6 is 0 Å². The summed E-state index contributed by atoms with van der Waals surface area (Å²) in [5.41, 5.74) is 2.57. The summed E-state index contributed by atoms with van der Waals surface area (Å²) in [6.07, 6.45) is 5.90. The summed E-state index contributed by atoms with van der Waals surface area (Å²) >= 11 is 0. The fourth-order valence-electron chi connectivity index (χ4n) is 4.43. The van der Waals surface area contributed by atoms with Crippen molar-refractivity contribution in [3.63, 3.8) is 0 Å². The van der Waals surface area contributed by atoms with E-state index >= 15 is 0 Å². The van der Waals surface area contributed by atoms with Crippen LogP contribution in [0.5, 0.6) is 23.0 Å². The van der Waals surface area contributed by atoms with Gasteiger partial charge in [-0.15, -0.1) is 0 Å². The highest BCUT2D eigenvalue weighted by atomic mass is 16.7. The second-order valence-electron chi connectivity index (χ2n) is 8.40. The highest BCUT2D eigenvalue weighted by molar-refractivity contribution is 5.90. The van der Waals surface area contributed by atoms with Crippen molar-refractivity contribution in [2.45, 2.75) is 38.0 Å². The van der Waals surface area contributed by atoms with Gasteiger partial charge < -0.3 is 28.6 Å². The molecule has 0 saturated heterocycles. The maximum Gasteiger partial charge on any atom is 0.338 e. The SMILES string of the molecule is COc1ccc2c3c1OC(CCCN(C)C2)C[C@@H](OC(=O)c1ccc2c(c1)OCO2)/C=C\3. The van der Waals surface area contributed by atoms with Gasteiger partial charge in [0, 0.05) is 18.5 Å². The van der Waals surface area contributed by atoms with Crippen LogP contribution < -0.4 is 18.9 Å². The summed E-state index contributed by atoms with van der Waals surface area (Å²) in [6.45, 7) is 1.96. The Kier molecular flexibility index (Phi) is 5.66. The van der Waals surface area contributed by atoms with Gasteiger partial charge in [0.15, 0.2) is 23.0 Å².